The van der Waals surface area contributed by atoms with Gasteiger partial charge < -0.3 is 14.5 Å². The number of anilines is 1. The van der Waals surface area contributed by atoms with Crippen molar-refractivity contribution < 1.29 is 9.53 Å². The molecule has 1 aromatic rings. The van der Waals surface area contributed by atoms with Gasteiger partial charge in [-0.1, -0.05) is 23.2 Å². The molecule has 1 aromatic heterocycles. The first-order valence-electron chi connectivity index (χ1n) is 7.07. The van der Waals surface area contributed by atoms with Crippen molar-refractivity contribution in [1.82, 2.24) is 9.88 Å². The van der Waals surface area contributed by atoms with Crippen LogP contribution in [0, 0.1) is 5.92 Å². The highest BCUT2D eigenvalue weighted by Gasteiger charge is 2.30. The van der Waals surface area contributed by atoms with E-state index in [0.29, 0.717) is 36.3 Å². The lowest BCUT2D eigenvalue weighted by Gasteiger charge is -2.36. The van der Waals surface area contributed by atoms with Crippen LogP contribution in [0.3, 0.4) is 0 Å². The molecule has 0 N–H and O–H groups in total. The van der Waals surface area contributed by atoms with Gasteiger partial charge in [-0.05, 0) is 12.5 Å². The largest absolute Gasteiger partial charge is 0.381 e. The van der Waals surface area contributed by atoms with Crippen molar-refractivity contribution in [3.05, 3.63) is 22.3 Å². The second-order valence-electron chi connectivity index (χ2n) is 5.33. The summed E-state index contributed by atoms with van der Waals surface area (Å²) in [5.74, 6) is 0.980. The van der Waals surface area contributed by atoms with Crippen LogP contribution in [-0.4, -0.2) is 55.2 Å². The maximum Gasteiger partial charge on any atom is 0.228 e. The summed E-state index contributed by atoms with van der Waals surface area (Å²) in [5.41, 5.74) is 0. The number of piperazine rings is 1. The molecule has 5 nitrogen and oxygen atoms in total. The Hall–Kier alpha value is -1.04. The number of pyridine rings is 1. The van der Waals surface area contributed by atoms with Crippen LogP contribution < -0.4 is 4.90 Å². The maximum absolute atomic E-state index is 12.3. The van der Waals surface area contributed by atoms with Crippen LogP contribution in [0.4, 0.5) is 5.82 Å². The molecule has 21 heavy (non-hydrogen) atoms. The molecule has 7 heteroatoms. The first-order chi connectivity index (χ1) is 10.1. The highest BCUT2D eigenvalue weighted by Crippen LogP contribution is 2.27. The summed E-state index contributed by atoms with van der Waals surface area (Å²) in [6.45, 7) is 4.09. The first-order valence-corrected chi connectivity index (χ1v) is 7.83. The molecule has 1 atom stereocenters. The molecule has 2 fully saturated rings. The number of carbonyl (C=O) groups excluding carboxylic acids is 1. The van der Waals surface area contributed by atoms with E-state index < -0.39 is 0 Å². The number of rotatable bonds is 2. The quantitative estimate of drug-likeness (QED) is 0.833. The minimum absolute atomic E-state index is 0.0359. The Morgan fingerprint density at radius 3 is 2.67 bits per heavy atom. The number of nitrogens with zero attached hydrogens (tertiary/aromatic N) is 3. The van der Waals surface area contributed by atoms with E-state index in [2.05, 4.69) is 9.88 Å². The molecular formula is C14H17Cl2N3O2. The summed E-state index contributed by atoms with van der Waals surface area (Å²) < 4.78 is 5.29. The van der Waals surface area contributed by atoms with Crippen molar-refractivity contribution in [2.75, 3.05) is 44.3 Å². The lowest BCUT2D eigenvalue weighted by molar-refractivity contribution is -0.135. The van der Waals surface area contributed by atoms with Gasteiger partial charge in [0.05, 0.1) is 22.6 Å². The number of amides is 1. The fourth-order valence-corrected chi connectivity index (χ4v) is 3.27. The number of aromatic nitrogens is 1. The maximum atomic E-state index is 12.3. The van der Waals surface area contributed by atoms with Crippen LogP contribution in [0.5, 0.6) is 0 Å². The summed E-state index contributed by atoms with van der Waals surface area (Å²) in [6.07, 6.45) is 2.43. The molecule has 2 aliphatic heterocycles. The smallest absolute Gasteiger partial charge is 0.228 e. The zero-order valence-electron chi connectivity index (χ0n) is 11.6. The molecule has 0 bridgehead atoms. The van der Waals surface area contributed by atoms with Gasteiger partial charge >= 0.3 is 0 Å². The monoisotopic (exact) mass is 329 g/mol. The van der Waals surface area contributed by atoms with Gasteiger partial charge in [-0.15, -0.1) is 0 Å². The predicted molar refractivity (Wildman–Crippen MR) is 82.0 cm³/mol. The average molecular weight is 330 g/mol. The molecular weight excluding hydrogens is 313 g/mol. The molecule has 114 valence electrons. The molecule has 2 aliphatic rings. The molecule has 0 saturated carbocycles. The highest BCUT2D eigenvalue weighted by atomic mass is 35.5. The van der Waals surface area contributed by atoms with Crippen molar-refractivity contribution in [3.8, 4) is 0 Å². The lowest BCUT2D eigenvalue weighted by Crippen LogP contribution is -2.50. The standard InChI is InChI=1S/C14H17Cl2N3O2/c15-11-7-12(16)13(17-8-11)18-2-4-19(5-3-18)14(20)10-1-6-21-9-10/h7-8,10H,1-6,9H2/t10-/m1/s1. The predicted octanol–water partition coefficient (Wildman–Crippen LogP) is 2.07. The van der Waals surface area contributed by atoms with Crippen LogP contribution in [-0.2, 0) is 9.53 Å². The lowest BCUT2D eigenvalue weighted by atomic mass is 10.1. The van der Waals surface area contributed by atoms with E-state index in [-0.39, 0.29) is 11.8 Å². The second-order valence-corrected chi connectivity index (χ2v) is 6.18. The van der Waals surface area contributed by atoms with Gasteiger partial charge in [0, 0.05) is 39.0 Å². The Morgan fingerprint density at radius 1 is 1.29 bits per heavy atom. The number of hydrogen-bond donors (Lipinski definition) is 0. The Kier molecular flexibility index (Phi) is 4.52. The molecule has 0 aliphatic carbocycles. The molecule has 3 heterocycles. The van der Waals surface area contributed by atoms with E-state index in [0.717, 1.165) is 25.3 Å². The van der Waals surface area contributed by atoms with Gasteiger partial charge in [-0.25, -0.2) is 4.98 Å². The van der Waals surface area contributed by atoms with Crippen molar-refractivity contribution in [2.45, 2.75) is 6.42 Å². The summed E-state index contributed by atoms with van der Waals surface area (Å²) in [7, 11) is 0. The SMILES string of the molecule is O=C([C@@H]1CCOC1)N1CCN(c2ncc(Cl)cc2Cl)CC1. The summed E-state index contributed by atoms with van der Waals surface area (Å²) in [6, 6.07) is 1.69. The Balaban J connectivity index is 1.60. The van der Waals surface area contributed by atoms with E-state index >= 15 is 0 Å². The minimum atomic E-state index is 0.0359. The Labute approximate surface area is 133 Å². The number of ether oxygens (including phenoxy) is 1. The van der Waals surface area contributed by atoms with Gasteiger partial charge in [0.1, 0.15) is 5.82 Å². The molecule has 0 unspecified atom stereocenters. The van der Waals surface area contributed by atoms with Gasteiger partial charge in [0.2, 0.25) is 5.91 Å². The highest BCUT2D eigenvalue weighted by molar-refractivity contribution is 6.36. The molecule has 0 aromatic carbocycles. The van der Waals surface area contributed by atoms with E-state index in [1.807, 2.05) is 4.90 Å². The van der Waals surface area contributed by atoms with Crippen LogP contribution >= 0.6 is 23.2 Å². The number of hydrogen-bond acceptors (Lipinski definition) is 4. The van der Waals surface area contributed by atoms with Crippen LogP contribution in [0.2, 0.25) is 10.0 Å². The van der Waals surface area contributed by atoms with Crippen LogP contribution in [0.25, 0.3) is 0 Å². The molecule has 0 spiro atoms. The van der Waals surface area contributed by atoms with E-state index in [9.17, 15) is 4.79 Å². The van der Waals surface area contributed by atoms with Crippen molar-refractivity contribution in [1.29, 1.82) is 0 Å². The Bertz CT molecular complexity index is 527. The number of halogens is 2. The summed E-state index contributed by atoms with van der Waals surface area (Å²) >= 11 is 12.0. The van der Waals surface area contributed by atoms with Gasteiger partial charge in [-0.2, -0.15) is 0 Å². The fraction of sp³-hybridized carbons (Fsp3) is 0.571. The molecule has 0 radical (unpaired) electrons. The van der Waals surface area contributed by atoms with E-state index in [4.69, 9.17) is 27.9 Å². The number of carbonyl (C=O) groups is 1. The van der Waals surface area contributed by atoms with Crippen molar-refractivity contribution >= 4 is 34.9 Å². The topological polar surface area (TPSA) is 45.7 Å². The molecule has 1 amide bonds. The van der Waals surface area contributed by atoms with Gasteiger partial charge in [-0.3, -0.25) is 4.79 Å². The summed E-state index contributed by atoms with van der Waals surface area (Å²) in [5, 5.41) is 1.07. The summed E-state index contributed by atoms with van der Waals surface area (Å²) in [4.78, 5) is 20.6. The van der Waals surface area contributed by atoms with Gasteiger partial charge in [0.25, 0.3) is 0 Å². The normalized spacial score (nSPS) is 22.7. The first kappa shape index (κ1) is 14.9. The van der Waals surface area contributed by atoms with Crippen LogP contribution in [0.1, 0.15) is 6.42 Å². The second kappa shape index (κ2) is 6.38. The third kappa shape index (κ3) is 3.25. The third-order valence-electron chi connectivity index (χ3n) is 3.96. The van der Waals surface area contributed by atoms with E-state index in [1.165, 1.54) is 0 Å². The Morgan fingerprint density at radius 2 is 2.05 bits per heavy atom. The fourth-order valence-electron chi connectivity index (χ4n) is 2.77. The average Bonchev–Trinajstić information content (AvgIpc) is 3.01. The van der Waals surface area contributed by atoms with Gasteiger partial charge in [0.15, 0.2) is 0 Å². The third-order valence-corrected chi connectivity index (χ3v) is 4.44. The minimum Gasteiger partial charge on any atom is -0.381 e. The zero-order valence-corrected chi connectivity index (χ0v) is 13.1. The molecule has 3 rings (SSSR count). The van der Waals surface area contributed by atoms with Crippen molar-refractivity contribution in [3.63, 3.8) is 0 Å². The zero-order chi connectivity index (χ0) is 14.8. The van der Waals surface area contributed by atoms with Crippen molar-refractivity contribution in [2.24, 2.45) is 5.92 Å². The van der Waals surface area contributed by atoms with Crippen LogP contribution in [0.15, 0.2) is 12.3 Å². The molecule has 2 saturated heterocycles. The van der Waals surface area contributed by atoms with E-state index in [1.54, 1.807) is 12.3 Å².